The van der Waals surface area contributed by atoms with E-state index in [0.717, 1.165) is 12.1 Å². The van der Waals surface area contributed by atoms with Crippen molar-refractivity contribution >= 4 is 5.91 Å². The van der Waals surface area contributed by atoms with Gasteiger partial charge in [-0.1, -0.05) is 24.3 Å². The molecule has 0 fully saturated rings. The third-order valence-electron chi connectivity index (χ3n) is 3.76. The molecule has 0 spiro atoms. The van der Waals surface area contributed by atoms with Gasteiger partial charge < -0.3 is 10.1 Å². The summed E-state index contributed by atoms with van der Waals surface area (Å²) in [5.74, 6) is 0.460. The van der Waals surface area contributed by atoms with Gasteiger partial charge in [0.15, 0.2) is 5.69 Å². The lowest BCUT2D eigenvalue weighted by molar-refractivity contribution is 0.0905. The molecular weight excluding hydrogens is 280 g/mol. The zero-order valence-corrected chi connectivity index (χ0v) is 13.7. The molecule has 0 atom stereocenters. The Morgan fingerprint density at radius 1 is 1.36 bits per heavy atom. The Kier molecular flexibility index (Phi) is 4.49. The molecule has 0 unspecified atom stereocenters. The van der Waals surface area contributed by atoms with Crippen LogP contribution in [-0.2, 0) is 0 Å². The topological polar surface area (TPSA) is 69.0 Å². The number of amides is 1. The van der Waals surface area contributed by atoms with Crippen molar-refractivity contribution in [3.8, 4) is 11.4 Å². The highest BCUT2D eigenvalue weighted by molar-refractivity contribution is 5.93. The quantitative estimate of drug-likeness (QED) is 0.921. The SMILES string of the molecule is CCC(C)(C)NC(=O)c1nnn(-c2ccccc2OC)c1C. The minimum atomic E-state index is -0.280. The van der Waals surface area contributed by atoms with Crippen molar-refractivity contribution in [1.82, 2.24) is 20.3 Å². The maximum Gasteiger partial charge on any atom is 0.274 e. The maximum atomic E-state index is 12.4. The Morgan fingerprint density at radius 3 is 2.68 bits per heavy atom. The monoisotopic (exact) mass is 302 g/mol. The van der Waals surface area contributed by atoms with E-state index in [1.807, 2.05) is 52.0 Å². The number of nitrogens with one attached hydrogen (secondary N) is 1. The smallest absolute Gasteiger partial charge is 0.274 e. The van der Waals surface area contributed by atoms with Crippen LogP contribution in [0.3, 0.4) is 0 Å². The summed E-state index contributed by atoms with van der Waals surface area (Å²) in [6.45, 7) is 7.80. The lowest BCUT2D eigenvalue weighted by Gasteiger charge is -2.23. The first-order valence-electron chi connectivity index (χ1n) is 7.28. The average Bonchev–Trinajstić information content (AvgIpc) is 2.88. The molecule has 0 saturated heterocycles. The first-order valence-corrected chi connectivity index (χ1v) is 7.28. The van der Waals surface area contributed by atoms with E-state index >= 15 is 0 Å². The summed E-state index contributed by atoms with van der Waals surface area (Å²) in [4.78, 5) is 12.4. The van der Waals surface area contributed by atoms with E-state index in [2.05, 4.69) is 15.6 Å². The van der Waals surface area contributed by atoms with Crippen LogP contribution in [0.25, 0.3) is 5.69 Å². The number of carbonyl (C=O) groups excluding carboxylic acids is 1. The molecular formula is C16H22N4O2. The molecule has 6 nitrogen and oxygen atoms in total. The first-order chi connectivity index (χ1) is 10.4. The Balaban J connectivity index is 2.36. The average molecular weight is 302 g/mol. The van der Waals surface area contributed by atoms with E-state index in [4.69, 9.17) is 4.74 Å². The lowest BCUT2D eigenvalue weighted by atomic mass is 10.0. The van der Waals surface area contributed by atoms with Gasteiger partial charge in [0.05, 0.1) is 12.8 Å². The minimum Gasteiger partial charge on any atom is -0.494 e. The second-order valence-electron chi connectivity index (χ2n) is 5.80. The van der Waals surface area contributed by atoms with Crippen LogP contribution in [-0.4, -0.2) is 33.5 Å². The highest BCUT2D eigenvalue weighted by Gasteiger charge is 2.24. The van der Waals surface area contributed by atoms with Gasteiger partial charge in [0.1, 0.15) is 11.4 Å². The fraction of sp³-hybridized carbons (Fsp3) is 0.438. The van der Waals surface area contributed by atoms with Gasteiger partial charge in [-0.25, -0.2) is 4.68 Å². The summed E-state index contributed by atoms with van der Waals surface area (Å²) in [6.07, 6.45) is 0.832. The number of carbonyl (C=O) groups is 1. The number of benzene rings is 1. The van der Waals surface area contributed by atoms with Crippen LogP contribution < -0.4 is 10.1 Å². The number of aromatic nitrogens is 3. The van der Waals surface area contributed by atoms with Crippen molar-refractivity contribution in [2.24, 2.45) is 0 Å². The largest absolute Gasteiger partial charge is 0.494 e. The minimum absolute atomic E-state index is 0.217. The van der Waals surface area contributed by atoms with Crippen molar-refractivity contribution in [2.75, 3.05) is 7.11 Å². The van der Waals surface area contributed by atoms with Crippen molar-refractivity contribution < 1.29 is 9.53 Å². The standard InChI is InChI=1S/C16H22N4O2/c1-6-16(3,4)17-15(21)14-11(2)20(19-18-14)12-9-7-8-10-13(12)22-5/h7-10H,6H2,1-5H3,(H,17,21). The number of hydrogen-bond donors (Lipinski definition) is 1. The highest BCUT2D eigenvalue weighted by atomic mass is 16.5. The number of rotatable bonds is 5. The van der Waals surface area contributed by atoms with Crippen LogP contribution in [0, 0.1) is 6.92 Å². The molecule has 1 aromatic carbocycles. The van der Waals surface area contributed by atoms with Gasteiger partial charge in [-0.05, 0) is 39.3 Å². The Morgan fingerprint density at radius 2 is 2.05 bits per heavy atom. The van der Waals surface area contributed by atoms with E-state index in [-0.39, 0.29) is 11.4 Å². The lowest BCUT2D eigenvalue weighted by Crippen LogP contribution is -2.43. The van der Waals surface area contributed by atoms with Crippen LogP contribution in [0.4, 0.5) is 0 Å². The van der Waals surface area contributed by atoms with Crippen molar-refractivity contribution in [3.63, 3.8) is 0 Å². The molecule has 22 heavy (non-hydrogen) atoms. The molecule has 0 aliphatic heterocycles. The number of nitrogens with zero attached hydrogens (tertiary/aromatic N) is 3. The van der Waals surface area contributed by atoms with Crippen LogP contribution in [0.2, 0.25) is 0 Å². The first kappa shape index (κ1) is 16.0. The Bertz CT molecular complexity index is 677. The van der Waals surface area contributed by atoms with Gasteiger partial charge in [0.25, 0.3) is 5.91 Å². The molecule has 1 amide bonds. The number of ether oxygens (including phenoxy) is 1. The van der Waals surface area contributed by atoms with Crippen LogP contribution >= 0.6 is 0 Å². The normalized spacial score (nSPS) is 11.3. The predicted molar refractivity (Wildman–Crippen MR) is 84.5 cm³/mol. The van der Waals surface area contributed by atoms with Crippen molar-refractivity contribution in [2.45, 2.75) is 39.7 Å². The second kappa shape index (κ2) is 6.17. The molecule has 0 aliphatic carbocycles. The van der Waals surface area contributed by atoms with Gasteiger partial charge >= 0.3 is 0 Å². The summed E-state index contributed by atoms with van der Waals surface area (Å²) in [5, 5.41) is 11.1. The molecule has 1 aromatic heterocycles. The summed E-state index contributed by atoms with van der Waals surface area (Å²) < 4.78 is 6.95. The fourth-order valence-electron chi connectivity index (χ4n) is 2.03. The zero-order chi connectivity index (χ0) is 16.3. The number of para-hydroxylation sites is 2. The van der Waals surface area contributed by atoms with E-state index < -0.39 is 0 Å². The summed E-state index contributed by atoms with van der Waals surface area (Å²) in [7, 11) is 1.60. The number of hydrogen-bond acceptors (Lipinski definition) is 4. The van der Waals surface area contributed by atoms with E-state index in [9.17, 15) is 4.79 Å². The molecule has 0 saturated carbocycles. The van der Waals surface area contributed by atoms with Gasteiger partial charge in [-0.3, -0.25) is 4.79 Å². The van der Waals surface area contributed by atoms with Crippen LogP contribution in [0.15, 0.2) is 24.3 Å². The molecule has 118 valence electrons. The summed E-state index contributed by atoms with van der Waals surface area (Å²) in [6, 6.07) is 7.49. The molecule has 1 heterocycles. The Hall–Kier alpha value is -2.37. The zero-order valence-electron chi connectivity index (χ0n) is 13.7. The highest BCUT2D eigenvalue weighted by Crippen LogP contribution is 2.23. The van der Waals surface area contributed by atoms with Crippen LogP contribution in [0.5, 0.6) is 5.75 Å². The molecule has 2 rings (SSSR count). The van der Waals surface area contributed by atoms with Gasteiger partial charge in [-0.15, -0.1) is 5.10 Å². The molecule has 6 heteroatoms. The van der Waals surface area contributed by atoms with Crippen LogP contribution in [0.1, 0.15) is 43.4 Å². The summed E-state index contributed by atoms with van der Waals surface area (Å²) >= 11 is 0. The van der Waals surface area contributed by atoms with E-state index in [1.165, 1.54) is 0 Å². The second-order valence-corrected chi connectivity index (χ2v) is 5.80. The van der Waals surface area contributed by atoms with Gasteiger partial charge in [-0.2, -0.15) is 0 Å². The third-order valence-corrected chi connectivity index (χ3v) is 3.76. The summed E-state index contributed by atoms with van der Waals surface area (Å²) in [5.41, 5.74) is 1.47. The van der Waals surface area contributed by atoms with Gasteiger partial charge in [0.2, 0.25) is 0 Å². The van der Waals surface area contributed by atoms with Gasteiger partial charge in [0, 0.05) is 5.54 Å². The molecule has 0 aliphatic rings. The van der Waals surface area contributed by atoms with Crippen molar-refractivity contribution in [1.29, 1.82) is 0 Å². The predicted octanol–water partition coefficient (Wildman–Crippen LogP) is 2.50. The van der Waals surface area contributed by atoms with E-state index in [1.54, 1.807) is 11.8 Å². The number of methoxy groups -OCH3 is 1. The third kappa shape index (κ3) is 3.10. The van der Waals surface area contributed by atoms with Crippen molar-refractivity contribution in [3.05, 3.63) is 35.7 Å². The maximum absolute atomic E-state index is 12.4. The molecule has 0 radical (unpaired) electrons. The Labute approximate surface area is 130 Å². The molecule has 0 bridgehead atoms. The fourth-order valence-corrected chi connectivity index (χ4v) is 2.03. The van der Waals surface area contributed by atoms with E-state index in [0.29, 0.717) is 17.1 Å². The molecule has 2 aromatic rings. The molecule has 1 N–H and O–H groups in total.